The van der Waals surface area contributed by atoms with Crippen LogP contribution in [-0.4, -0.2) is 0 Å². The van der Waals surface area contributed by atoms with Crippen molar-refractivity contribution in [3.05, 3.63) is 14.4 Å². The molecule has 0 bridgehead atoms. The normalized spacial score (nSPS) is 0.154. The molecule has 0 fully saturated rings. The summed E-state index contributed by atoms with van der Waals surface area (Å²) < 4.78 is 0. The van der Waals surface area contributed by atoms with Gasteiger partial charge in [-0.3, -0.25) is 0 Å². The summed E-state index contributed by atoms with van der Waals surface area (Å²) in [7, 11) is 0. The molecule has 0 spiro atoms. The van der Waals surface area contributed by atoms with Crippen molar-refractivity contribution in [2.75, 3.05) is 0 Å². The first-order valence-electron chi connectivity index (χ1n) is 0.707. The smallest absolute Gasteiger partial charge is 0 e. The summed E-state index contributed by atoms with van der Waals surface area (Å²) in [5.74, 6) is 0. The van der Waals surface area contributed by atoms with E-state index in [1.165, 1.54) is 0 Å². The maximum atomic E-state index is 3.25. The zero-order valence-electron chi connectivity index (χ0n) is 20.7. The molecule has 0 aliphatic heterocycles. The van der Waals surface area contributed by atoms with E-state index in [1.807, 2.05) is 0 Å². The predicted molar refractivity (Wildman–Crippen MR) is 17.4 cm³/mol. The molecule has 39 heavy (non-hydrogen) atoms. The predicted octanol–water partition coefficient (Wildman–Crippen LogP) is 1.29. The number of hydrogen-bond acceptors (Lipinski definition) is 0. The molecule has 0 rings (SSSR count). The van der Waals surface area contributed by atoms with E-state index in [9.17, 15) is 0 Å². The van der Waals surface area contributed by atoms with E-state index in [0.717, 1.165) is 0 Å². The van der Waals surface area contributed by atoms with Gasteiger partial charge in [-0.15, -0.1) is 0 Å². The van der Waals surface area contributed by atoms with Crippen LogP contribution in [0.4, 0.5) is 0 Å². The molecule has 0 saturated carbocycles. The van der Waals surface area contributed by atoms with Gasteiger partial charge in [-0.1, -0.05) is 0 Å². The van der Waals surface area contributed by atoms with Gasteiger partial charge < -0.3 is 14.4 Å². The molecule has 0 saturated heterocycles. The maximum absolute atomic E-state index is 3.25. The molecule has 0 aromatic heterocycles. The topological polar surface area (TPSA) is 0 Å². The van der Waals surface area contributed by atoms with Gasteiger partial charge in [0.25, 0.3) is 0 Å². The summed E-state index contributed by atoms with van der Waals surface area (Å²) in [5, 5.41) is 0. The fourth-order valence-corrected chi connectivity index (χ4v) is 0. The van der Waals surface area contributed by atoms with Crippen molar-refractivity contribution in [1.29, 1.82) is 0 Å². The van der Waals surface area contributed by atoms with Crippen LogP contribution in [0, 0.1) is 1130 Å². The third-order valence-corrected chi connectivity index (χ3v) is 0. The van der Waals surface area contributed by atoms with E-state index in [4.69, 9.17) is 0 Å². The molecule has 36 heteroatoms. The third kappa shape index (κ3) is 289. The minimum Gasteiger partial charge on any atom is -0.358 e. The molecular formula is C3H8U36-2. The second-order valence-corrected chi connectivity index (χ2v) is 0. The summed E-state index contributed by atoms with van der Waals surface area (Å²) in [6.07, 6.45) is 0. The van der Waals surface area contributed by atoms with E-state index in [1.54, 1.807) is 6.92 Å². The van der Waals surface area contributed by atoms with Crippen molar-refractivity contribution in [3.8, 4) is 0 Å². The van der Waals surface area contributed by atoms with E-state index in [2.05, 4.69) is 6.92 Å². The summed E-state index contributed by atoms with van der Waals surface area (Å²) in [6.45, 7) is 5.00. The molecule has 0 nitrogen and oxygen atoms in total. The third-order valence-electron chi connectivity index (χ3n) is 0. The van der Waals surface area contributed by atoms with Crippen LogP contribution in [0.2, 0.25) is 0 Å². The van der Waals surface area contributed by atoms with Gasteiger partial charge in [-0.25, -0.2) is 0 Å². The molecule has 0 atom stereocenters. The van der Waals surface area contributed by atoms with Crippen LogP contribution in [0.25, 0.3) is 0 Å². The first kappa shape index (κ1) is 293. The van der Waals surface area contributed by atoms with Gasteiger partial charge in [0.2, 0.25) is 0 Å². The monoisotopic (exact) mass is 8610 g/mol. The van der Waals surface area contributed by atoms with Crippen LogP contribution in [0.15, 0.2) is 0 Å². The maximum Gasteiger partial charge on any atom is 0 e. The van der Waals surface area contributed by atoms with Crippen LogP contribution in [-0.2, 0) is 0 Å². The molecule has 0 unspecified atom stereocenters. The average molecular weight is 8610 g/mol. The van der Waals surface area contributed by atoms with E-state index in [-0.39, 0.29) is 1130 Å². The standard InChI is InChI=1S/C2H5.CH3.36U/c1-2;;;;;;;;;;;;;;;;;;;;;;;;;;;;;;;;;;;;;/h1H2,2H3;1H3;;;;;;;;;;;;;;;;;;;;;;;;;;;;;;;;;;;;/q2*-1;;;;;;;;;;;;;;;;;;;;;;;;;;;;;;;;;;;;. The molecular weight excluding hydrogens is 8610 g/mol. The van der Waals surface area contributed by atoms with E-state index in [0.29, 0.717) is 0 Å². The van der Waals surface area contributed by atoms with Crippen molar-refractivity contribution in [2.24, 2.45) is 0 Å². The minimum absolute atomic E-state index is 0. The Labute approximate surface area is 1100 Å². The molecule has 0 aromatic rings. The van der Waals surface area contributed by atoms with Gasteiger partial charge in [-0.2, -0.15) is 6.92 Å². The Morgan fingerprint density at radius 2 is 0.128 bits per heavy atom. The van der Waals surface area contributed by atoms with Crippen molar-refractivity contribution >= 4 is 0 Å². The Hall–Kier alpha value is 37.9. The second kappa shape index (κ2) is 297. The second-order valence-electron chi connectivity index (χ2n) is 0. The van der Waals surface area contributed by atoms with Gasteiger partial charge in [0, 0.05) is 1120 Å². The summed E-state index contributed by atoms with van der Waals surface area (Å²) in [5.41, 5.74) is 0. The summed E-state index contributed by atoms with van der Waals surface area (Å²) >= 11 is 0. The van der Waals surface area contributed by atoms with Gasteiger partial charge in [0.05, 0.1) is 0 Å². The molecule has 166 valence electrons. The zero-order chi connectivity index (χ0) is 2.00. The number of hydrogen-bond donors (Lipinski definition) is 0. The van der Waals surface area contributed by atoms with Crippen molar-refractivity contribution < 1.29 is 1120 Å². The molecule has 0 aliphatic carbocycles. The Bertz CT molecular complexity index is 15.3. The summed E-state index contributed by atoms with van der Waals surface area (Å²) in [6, 6.07) is 0. The molecule has 0 radical (unpaired) electrons. The molecule has 0 aromatic carbocycles. The molecule has 0 N–H and O–H groups in total. The zero-order valence-corrected chi connectivity index (χ0v) is 171. The quantitative estimate of drug-likeness (QED) is 0.322. The first-order chi connectivity index (χ1) is 1.00. The van der Waals surface area contributed by atoms with E-state index >= 15 is 0 Å². The van der Waals surface area contributed by atoms with Crippen molar-refractivity contribution in [2.45, 2.75) is 6.92 Å². The Morgan fingerprint density at radius 1 is 0.128 bits per heavy atom. The van der Waals surface area contributed by atoms with Gasteiger partial charge in [0.1, 0.15) is 0 Å². The Kier molecular flexibility index (Phi) is 2230. The van der Waals surface area contributed by atoms with Crippen LogP contribution >= 0.6 is 0 Å². The fourth-order valence-electron chi connectivity index (χ4n) is 0. The van der Waals surface area contributed by atoms with Gasteiger partial charge >= 0.3 is 0 Å². The fraction of sp³-hybridized carbons (Fsp3) is 0.333. The van der Waals surface area contributed by atoms with Gasteiger partial charge in [0.15, 0.2) is 0 Å². The van der Waals surface area contributed by atoms with Crippen LogP contribution in [0.5, 0.6) is 0 Å². The average Bonchev–Trinajstić information content (AvgIpc) is 1.00. The Balaban J connectivity index is -0.00000000000751. The van der Waals surface area contributed by atoms with Crippen LogP contribution in [0.3, 0.4) is 0 Å². The number of rotatable bonds is 0. The minimum atomic E-state index is 0. The van der Waals surface area contributed by atoms with Crippen molar-refractivity contribution in [3.63, 3.8) is 0 Å². The van der Waals surface area contributed by atoms with Crippen LogP contribution < -0.4 is 0 Å². The van der Waals surface area contributed by atoms with Crippen LogP contribution in [0.1, 0.15) is 6.92 Å². The largest absolute Gasteiger partial charge is 0.358 e. The molecule has 0 amide bonds. The van der Waals surface area contributed by atoms with E-state index < -0.39 is 0 Å². The Morgan fingerprint density at radius 3 is 0.128 bits per heavy atom. The first-order valence-corrected chi connectivity index (χ1v) is 0.707. The molecule has 0 aliphatic rings. The van der Waals surface area contributed by atoms with Gasteiger partial charge in [-0.05, 0) is 0 Å². The molecule has 0 heterocycles. The summed E-state index contributed by atoms with van der Waals surface area (Å²) in [4.78, 5) is 0. The van der Waals surface area contributed by atoms with Crippen molar-refractivity contribution in [1.82, 2.24) is 0 Å². The SMILES string of the molecule is [CH2-]C.[CH3-].[U].[U].[U].[U].[U].[U].[U].[U].[U].[U].[U].[U].[U].[U].[U].[U].[U].[U].[U].[U].[U].[U].[U].[U].[U].[U].[U].[U].[U].[U].[U].[U].[U].[U].[U].[U].